The van der Waals surface area contributed by atoms with E-state index in [1.165, 1.54) is 22.9 Å². The van der Waals surface area contributed by atoms with Gasteiger partial charge in [0.2, 0.25) is 0 Å². The molecular weight excluding hydrogens is 472 g/mol. The molecule has 2 aromatic carbocycles. The molecule has 3 heterocycles. The Balaban J connectivity index is 1.70. The largest absolute Gasteiger partial charge is 0.497 e. The number of nitrogens with one attached hydrogen (secondary N) is 2. The monoisotopic (exact) mass is 502 g/mol. The summed E-state index contributed by atoms with van der Waals surface area (Å²) in [6.07, 6.45) is 4.12. The molecule has 0 saturated carbocycles. The van der Waals surface area contributed by atoms with Crippen molar-refractivity contribution in [3.8, 4) is 11.5 Å². The number of hydrogen-bond donors (Lipinski definition) is 2. The summed E-state index contributed by atoms with van der Waals surface area (Å²) in [7, 11) is 3.33. The Hall–Kier alpha value is -3.49. The third-order valence-corrected chi connectivity index (χ3v) is 7.37. The average molecular weight is 503 g/mol. The molecule has 0 aliphatic carbocycles. The number of methoxy groups -OCH3 is 2. The van der Waals surface area contributed by atoms with Crippen LogP contribution in [0.4, 0.5) is 5.82 Å². The molecule has 0 radical (unpaired) electrons. The molecule has 2 aliphatic heterocycles. The van der Waals surface area contributed by atoms with E-state index >= 15 is 0 Å². The van der Waals surface area contributed by atoms with Crippen LogP contribution in [0.2, 0.25) is 0 Å². The van der Waals surface area contributed by atoms with E-state index in [0.29, 0.717) is 16.5 Å². The van der Waals surface area contributed by atoms with Crippen LogP contribution in [0.25, 0.3) is 6.08 Å². The lowest BCUT2D eigenvalue weighted by Crippen LogP contribution is -2.40. The lowest BCUT2D eigenvalue weighted by molar-refractivity contribution is 0.324. The predicted octanol–water partition coefficient (Wildman–Crippen LogP) is 4.74. The average Bonchev–Trinajstić information content (AvgIpc) is 2.92. The molecule has 0 fully saturated rings. The molecule has 0 saturated heterocycles. The van der Waals surface area contributed by atoms with Gasteiger partial charge in [-0.15, -0.1) is 0 Å². The second-order valence-electron chi connectivity index (χ2n) is 8.81. The van der Waals surface area contributed by atoms with Crippen molar-refractivity contribution in [3.05, 3.63) is 92.4 Å². The van der Waals surface area contributed by atoms with Crippen molar-refractivity contribution in [1.82, 2.24) is 14.9 Å². The number of aromatic nitrogens is 2. The number of hydrogen-bond acceptors (Lipinski definition) is 7. The van der Waals surface area contributed by atoms with E-state index in [4.69, 9.17) is 14.5 Å². The lowest BCUT2D eigenvalue weighted by Gasteiger charge is -2.39. The van der Waals surface area contributed by atoms with Crippen LogP contribution >= 0.6 is 11.8 Å². The van der Waals surface area contributed by atoms with Crippen LogP contribution in [0, 0.1) is 0 Å². The number of anilines is 1. The minimum Gasteiger partial charge on any atom is -0.497 e. The first-order valence-electron chi connectivity index (χ1n) is 11.9. The van der Waals surface area contributed by atoms with Gasteiger partial charge in [0.05, 0.1) is 19.8 Å². The molecule has 0 amide bonds. The second-order valence-corrected chi connectivity index (χ2v) is 9.61. The zero-order valence-corrected chi connectivity index (χ0v) is 21.7. The van der Waals surface area contributed by atoms with Crippen LogP contribution in [-0.2, 0) is 0 Å². The second kappa shape index (κ2) is 10.2. The fourth-order valence-electron chi connectivity index (χ4n) is 4.92. The molecule has 5 rings (SSSR count). The van der Waals surface area contributed by atoms with E-state index in [1.54, 1.807) is 14.2 Å². The highest BCUT2D eigenvalue weighted by Gasteiger charge is 2.37. The number of H-pyrrole nitrogens is 1. The van der Waals surface area contributed by atoms with Crippen molar-refractivity contribution in [3.63, 3.8) is 0 Å². The summed E-state index contributed by atoms with van der Waals surface area (Å²) >= 11 is 1.42. The number of fused-ring (bicyclic) bond motifs is 1. The molecule has 36 heavy (non-hydrogen) atoms. The van der Waals surface area contributed by atoms with Gasteiger partial charge in [0.25, 0.3) is 5.56 Å². The first-order chi connectivity index (χ1) is 17.5. The fourth-order valence-corrected chi connectivity index (χ4v) is 5.30. The van der Waals surface area contributed by atoms with Gasteiger partial charge >= 0.3 is 0 Å². The Morgan fingerprint density at radius 2 is 1.72 bits per heavy atom. The number of ether oxygens (including phenoxy) is 2. The minimum absolute atomic E-state index is 0.112. The first-order valence-corrected chi connectivity index (χ1v) is 13.2. The van der Waals surface area contributed by atoms with Gasteiger partial charge in [-0.05, 0) is 65.4 Å². The third kappa shape index (κ3) is 4.54. The van der Waals surface area contributed by atoms with Crippen LogP contribution in [0.15, 0.2) is 75.3 Å². The zero-order chi connectivity index (χ0) is 25.2. The topological polar surface area (TPSA) is 79.5 Å². The molecule has 1 atom stereocenters. The molecule has 0 bridgehead atoms. The number of nitrogens with zero attached hydrogens (tertiary/aromatic N) is 2. The van der Waals surface area contributed by atoms with Crippen molar-refractivity contribution in [2.75, 3.05) is 45.4 Å². The van der Waals surface area contributed by atoms with Crippen LogP contribution in [-0.4, -0.2) is 55.0 Å². The Labute approximate surface area is 215 Å². The maximum atomic E-state index is 13.4. The summed E-state index contributed by atoms with van der Waals surface area (Å²) in [6, 6.07) is 16.0. The molecule has 8 heteroatoms. The number of thioether (sulfide) groups is 1. The fraction of sp³-hybridized carbons (Fsp3) is 0.286. The molecule has 2 aliphatic rings. The summed E-state index contributed by atoms with van der Waals surface area (Å²) in [4.78, 5) is 23.5. The maximum absolute atomic E-state index is 13.4. The van der Waals surface area contributed by atoms with Crippen molar-refractivity contribution < 1.29 is 9.47 Å². The standard InChI is InChI=1S/C28H30N4O3S/c1-5-32-15-19(14-17-6-10-20(34-2)11-7-17)25-22(16-32)23(18-8-12-21(35-3)13-9-18)24-26(29-25)30-28(36-4)31-27(24)33/h6-14,23H,5,15-16H2,1-4H3,(H2,29,30,31,33)/b19-14+. The molecule has 2 N–H and O–H groups in total. The Morgan fingerprint density at radius 3 is 2.33 bits per heavy atom. The summed E-state index contributed by atoms with van der Waals surface area (Å²) in [5.74, 6) is 2.01. The summed E-state index contributed by atoms with van der Waals surface area (Å²) < 4.78 is 10.7. The maximum Gasteiger partial charge on any atom is 0.257 e. The summed E-state index contributed by atoms with van der Waals surface area (Å²) in [6.45, 7) is 4.64. The molecule has 1 unspecified atom stereocenters. The van der Waals surface area contributed by atoms with Gasteiger partial charge in [-0.2, -0.15) is 0 Å². The Morgan fingerprint density at radius 1 is 1.06 bits per heavy atom. The minimum atomic E-state index is -0.220. The quantitative estimate of drug-likeness (QED) is 0.372. The molecule has 0 spiro atoms. The number of rotatable bonds is 6. The predicted molar refractivity (Wildman–Crippen MR) is 145 cm³/mol. The SMILES string of the molecule is CCN1CC2=C(Nc3nc(SC)[nH]c(=O)c3C2c2ccc(OC)cc2)/C(=C/c2ccc(OC)cc2)C1. The highest BCUT2D eigenvalue weighted by Crippen LogP contribution is 2.44. The van der Waals surface area contributed by atoms with E-state index < -0.39 is 0 Å². The van der Waals surface area contributed by atoms with Crippen LogP contribution in [0.5, 0.6) is 11.5 Å². The lowest BCUT2D eigenvalue weighted by atomic mass is 9.79. The van der Waals surface area contributed by atoms with E-state index in [0.717, 1.165) is 48.0 Å². The number of likely N-dealkylation sites (N-methyl/N-ethyl adjacent to an activating group) is 1. The Kier molecular flexibility index (Phi) is 6.89. The van der Waals surface area contributed by atoms with E-state index in [1.807, 2.05) is 42.7 Å². The van der Waals surface area contributed by atoms with Crippen molar-refractivity contribution >= 4 is 23.7 Å². The normalized spacial score (nSPS) is 18.4. The highest BCUT2D eigenvalue weighted by molar-refractivity contribution is 7.98. The van der Waals surface area contributed by atoms with Gasteiger partial charge in [0.15, 0.2) is 5.16 Å². The van der Waals surface area contributed by atoms with E-state index in [2.05, 4.69) is 40.3 Å². The number of benzene rings is 2. The van der Waals surface area contributed by atoms with Gasteiger partial charge < -0.3 is 19.8 Å². The van der Waals surface area contributed by atoms with Crippen molar-refractivity contribution in [2.24, 2.45) is 0 Å². The van der Waals surface area contributed by atoms with Crippen molar-refractivity contribution in [2.45, 2.75) is 18.0 Å². The van der Waals surface area contributed by atoms with Gasteiger partial charge in [0, 0.05) is 24.7 Å². The molecule has 186 valence electrons. The van der Waals surface area contributed by atoms with Gasteiger partial charge in [0.1, 0.15) is 17.3 Å². The van der Waals surface area contributed by atoms with Gasteiger partial charge in [-0.25, -0.2) is 4.98 Å². The van der Waals surface area contributed by atoms with E-state index in [9.17, 15) is 4.79 Å². The molecule has 7 nitrogen and oxygen atoms in total. The van der Waals surface area contributed by atoms with Crippen molar-refractivity contribution in [1.29, 1.82) is 0 Å². The smallest absolute Gasteiger partial charge is 0.257 e. The zero-order valence-electron chi connectivity index (χ0n) is 20.9. The highest BCUT2D eigenvalue weighted by atomic mass is 32.2. The summed E-state index contributed by atoms with van der Waals surface area (Å²) in [5.41, 5.74) is 6.06. The van der Waals surface area contributed by atoms with Crippen LogP contribution in [0.1, 0.15) is 29.5 Å². The number of aromatic amines is 1. The van der Waals surface area contributed by atoms with Gasteiger partial charge in [-0.3, -0.25) is 9.69 Å². The first kappa shape index (κ1) is 24.2. The Bertz CT molecular complexity index is 1380. The van der Waals surface area contributed by atoms with Crippen LogP contribution < -0.4 is 20.3 Å². The van der Waals surface area contributed by atoms with E-state index in [-0.39, 0.29) is 11.5 Å². The van der Waals surface area contributed by atoms with Crippen LogP contribution in [0.3, 0.4) is 0 Å². The molecule has 1 aromatic heterocycles. The third-order valence-electron chi connectivity index (χ3n) is 6.79. The molecular formula is C28H30N4O3S. The summed E-state index contributed by atoms with van der Waals surface area (Å²) in [5, 5.41) is 4.16. The van der Waals surface area contributed by atoms with Gasteiger partial charge in [-0.1, -0.05) is 43.0 Å². The molecule has 3 aromatic rings.